The summed E-state index contributed by atoms with van der Waals surface area (Å²) in [4.78, 5) is 23.2. The van der Waals surface area contributed by atoms with E-state index in [9.17, 15) is 18.0 Å². The number of alkyl halides is 3. The van der Waals surface area contributed by atoms with Crippen LogP contribution in [-0.4, -0.2) is 79.8 Å². The van der Waals surface area contributed by atoms with Gasteiger partial charge in [0.1, 0.15) is 6.61 Å². The van der Waals surface area contributed by atoms with Gasteiger partial charge >= 0.3 is 12.3 Å². The third-order valence-corrected chi connectivity index (χ3v) is 4.02. The Kier molecular flexibility index (Phi) is 7.70. The molecule has 28 heavy (non-hydrogen) atoms. The molecular weight excluding hydrogens is 379 g/mol. The molecule has 11 heteroatoms. The van der Waals surface area contributed by atoms with E-state index in [1.165, 1.54) is 6.07 Å². The van der Waals surface area contributed by atoms with E-state index in [-0.39, 0.29) is 18.6 Å². The number of nitrogens with zero attached hydrogens (tertiary/aromatic N) is 4. The number of carbonyl (C=O) groups is 1. The third kappa shape index (κ3) is 6.17. The molecule has 0 saturated carbocycles. The van der Waals surface area contributed by atoms with Crippen LogP contribution in [0, 0.1) is 0 Å². The quantitative estimate of drug-likeness (QED) is 0.459. The Balaban J connectivity index is 1.72. The zero-order valence-corrected chi connectivity index (χ0v) is 15.8. The molecule has 0 spiro atoms. The lowest BCUT2D eigenvalue weighted by molar-refractivity contribution is -0.137. The topological polar surface area (TPSA) is 79.3 Å². The minimum absolute atomic E-state index is 0.118. The van der Waals surface area contributed by atoms with E-state index in [2.05, 4.69) is 15.3 Å². The van der Waals surface area contributed by atoms with Gasteiger partial charge in [-0.3, -0.25) is 4.99 Å². The van der Waals surface area contributed by atoms with Crippen LogP contribution < -0.4 is 10.1 Å². The molecule has 156 valence electrons. The summed E-state index contributed by atoms with van der Waals surface area (Å²) >= 11 is 0. The second kappa shape index (κ2) is 10.00. The highest BCUT2D eigenvalue weighted by atomic mass is 19.4. The van der Waals surface area contributed by atoms with Crippen LogP contribution in [0.5, 0.6) is 5.88 Å². The minimum atomic E-state index is -4.42. The summed E-state index contributed by atoms with van der Waals surface area (Å²) in [5.74, 6) is 0.778. The van der Waals surface area contributed by atoms with E-state index in [1.54, 1.807) is 18.9 Å². The van der Waals surface area contributed by atoms with Crippen molar-refractivity contribution < 1.29 is 27.4 Å². The number of piperazine rings is 1. The van der Waals surface area contributed by atoms with Gasteiger partial charge in [-0.1, -0.05) is 0 Å². The van der Waals surface area contributed by atoms with Crippen LogP contribution in [-0.2, 0) is 10.9 Å². The minimum Gasteiger partial charge on any atom is -0.476 e. The summed E-state index contributed by atoms with van der Waals surface area (Å²) in [5, 5.41) is 3.12. The number of carbonyl (C=O) groups excluding carboxylic acids is 1. The van der Waals surface area contributed by atoms with Crippen molar-refractivity contribution >= 4 is 12.1 Å². The molecule has 0 unspecified atom stereocenters. The van der Waals surface area contributed by atoms with E-state index in [0.29, 0.717) is 45.3 Å². The maximum Gasteiger partial charge on any atom is 0.417 e. The number of pyridine rings is 1. The average molecular weight is 403 g/mol. The van der Waals surface area contributed by atoms with Crippen LogP contribution in [0.15, 0.2) is 23.3 Å². The summed E-state index contributed by atoms with van der Waals surface area (Å²) in [6.07, 6.45) is -4.00. The maximum atomic E-state index is 12.5. The second-order valence-corrected chi connectivity index (χ2v) is 5.88. The Bertz CT molecular complexity index is 659. The summed E-state index contributed by atoms with van der Waals surface area (Å²) in [6, 6.07) is 2.12. The zero-order valence-electron chi connectivity index (χ0n) is 15.8. The lowest BCUT2D eigenvalue weighted by atomic mass is 10.3. The van der Waals surface area contributed by atoms with Gasteiger partial charge in [-0.15, -0.1) is 0 Å². The number of ether oxygens (including phenoxy) is 2. The van der Waals surface area contributed by atoms with Crippen molar-refractivity contribution in [3.8, 4) is 5.88 Å². The van der Waals surface area contributed by atoms with E-state index in [1.807, 2.05) is 4.90 Å². The van der Waals surface area contributed by atoms with Crippen molar-refractivity contribution in [2.24, 2.45) is 4.99 Å². The van der Waals surface area contributed by atoms with Crippen LogP contribution in [0.2, 0.25) is 0 Å². The molecule has 8 nitrogen and oxygen atoms in total. The largest absolute Gasteiger partial charge is 0.476 e. The first-order chi connectivity index (χ1) is 13.3. The van der Waals surface area contributed by atoms with E-state index < -0.39 is 11.7 Å². The number of hydrogen-bond donors (Lipinski definition) is 1. The fourth-order valence-electron chi connectivity index (χ4n) is 2.60. The molecular formula is C17H24F3N5O3. The molecule has 2 heterocycles. The summed E-state index contributed by atoms with van der Waals surface area (Å²) < 4.78 is 47.8. The fraction of sp³-hybridized carbons (Fsp3) is 0.588. The third-order valence-electron chi connectivity index (χ3n) is 4.02. The van der Waals surface area contributed by atoms with Gasteiger partial charge < -0.3 is 24.6 Å². The molecule has 1 saturated heterocycles. The molecule has 0 aromatic carbocycles. The molecule has 0 radical (unpaired) electrons. The van der Waals surface area contributed by atoms with E-state index in [0.717, 1.165) is 12.3 Å². The van der Waals surface area contributed by atoms with Gasteiger partial charge in [0.25, 0.3) is 0 Å². The Morgan fingerprint density at radius 2 is 1.93 bits per heavy atom. The van der Waals surface area contributed by atoms with Gasteiger partial charge in [-0.2, -0.15) is 13.2 Å². The van der Waals surface area contributed by atoms with Crippen molar-refractivity contribution in [1.82, 2.24) is 20.1 Å². The van der Waals surface area contributed by atoms with Gasteiger partial charge in [0.05, 0.1) is 18.7 Å². The molecule has 1 aromatic rings. The number of hydrogen-bond acceptors (Lipinski definition) is 5. The Hall–Kier alpha value is -2.72. The standard InChI is InChI=1S/C17H24F3N5O3/c1-3-27-16(26)25-9-7-24(8-10-25)15(21-2)22-6-11-28-14-5-4-13(12-23-14)17(18,19)20/h4-5,12H,3,6-11H2,1-2H3,(H,21,22). The smallest absolute Gasteiger partial charge is 0.417 e. The Labute approximate surface area is 161 Å². The predicted octanol–water partition coefficient (Wildman–Crippen LogP) is 1.83. The second-order valence-electron chi connectivity index (χ2n) is 5.88. The van der Waals surface area contributed by atoms with Crippen LogP contribution in [0.3, 0.4) is 0 Å². The maximum absolute atomic E-state index is 12.5. The first-order valence-corrected chi connectivity index (χ1v) is 8.88. The SMILES string of the molecule is CCOC(=O)N1CCN(C(=NC)NCCOc2ccc(C(F)(F)F)cn2)CC1. The van der Waals surface area contributed by atoms with Gasteiger partial charge in [0, 0.05) is 45.5 Å². The molecule has 1 amide bonds. The van der Waals surface area contributed by atoms with Crippen LogP contribution in [0.1, 0.15) is 12.5 Å². The molecule has 2 rings (SSSR count). The molecule has 1 aromatic heterocycles. The predicted molar refractivity (Wildman–Crippen MR) is 96.3 cm³/mol. The number of aromatic nitrogens is 1. The molecule has 1 N–H and O–H groups in total. The van der Waals surface area contributed by atoms with Crippen LogP contribution >= 0.6 is 0 Å². The number of nitrogens with one attached hydrogen (secondary N) is 1. The van der Waals surface area contributed by atoms with E-state index in [4.69, 9.17) is 9.47 Å². The molecule has 0 bridgehead atoms. The first-order valence-electron chi connectivity index (χ1n) is 8.88. The summed E-state index contributed by atoms with van der Waals surface area (Å²) in [7, 11) is 1.65. The van der Waals surface area contributed by atoms with Gasteiger partial charge in [0.2, 0.25) is 5.88 Å². The van der Waals surface area contributed by atoms with Crippen LogP contribution in [0.25, 0.3) is 0 Å². The number of rotatable bonds is 5. The van der Waals surface area contributed by atoms with Gasteiger partial charge in [-0.25, -0.2) is 9.78 Å². The average Bonchev–Trinajstić information content (AvgIpc) is 2.68. The number of aliphatic imine (C=N–C) groups is 1. The normalized spacial score (nSPS) is 15.4. The molecule has 1 aliphatic rings. The van der Waals surface area contributed by atoms with Gasteiger partial charge in [-0.05, 0) is 13.0 Å². The van der Waals surface area contributed by atoms with Crippen LogP contribution in [0.4, 0.5) is 18.0 Å². The summed E-state index contributed by atoms with van der Waals surface area (Å²) in [5.41, 5.74) is -0.819. The number of halogens is 3. The lowest BCUT2D eigenvalue weighted by Crippen LogP contribution is -2.54. The van der Waals surface area contributed by atoms with Gasteiger partial charge in [0.15, 0.2) is 5.96 Å². The fourth-order valence-corrected chi connectivity index (χ4v) is 2.60. The monoisotopic (exact) mass is 403 g/mol. The Morgan fingerprint density at radius 1 is 1.25 bits per heavy atom. The first kappa shape index (κ1) is 21.6. The van der Waals surface area contributed by atoms with Crippen molar-refractivity contribution in [2.45, 2.75) is 13.1 Å². The highest BCUT2D eigenvalue weighted by Gasteiger charge is 2.30. The molecule has 1 aliphatic heterocycles. The molecule has 0 atom stereocenters. The summed E-state index contributed by atoms with van der Waals surface area (Å²) in [6.45, 7) is 5.00. The lowest BCUT2D eigenvalue weighted by Gasteiger charge is -2.35. The number of amides is 1. The molecule has 1 fully saturated rings. The van der Waals surface area contributed by atoms with Crippen molar-refractivity contribution in [1.29, 1.82) is 0 Å². The van der Waals surface area contributed by atoms with Crippen molar-refractivity contribution in [3.63, 3.8) is 0 Å². The van der Waals surface area contributed by atoms with Crippen molar-refractivity contribution in [3.05, 3.63) is 23.9 Å². The number of guanidine groups is 1. The Morgan fingerprint density at radius 3 is 2.46 bits per heavy atom. The molecule has 0 aliphatic carbocycles. The zero-order chi connectivity index (χ0) is 20.6. The highest BCUT2D eigenvalue weighted by molar-refractivity contribution is 5.80. The van der Waals surface area contributed by atoms with E-state index >= 15 is 0 Å². The highest BCUT2D eigenvalue weighted by Crippen LogP contribution is 2.29. The van der Waals surface area contributed by atoms with Crippen molar-refractivity contribution in [2.75, 3.05) is 53.0 Å².